The van der Waals surface area contributed by atoms with Gasteiger partial charge >= 0.3 is 0 Å². The first kappa shape index (κ1) is 14.5. The number of carbonyl (C=O) groups is 1. The highest BCUT2D eigenvalue weighted by Gasteiger charge is 2.25. The van der Waals surface area contributed by atoms with Gasteiger partial charge in [-0.2, -0.15) is 0 Å². The number of carbonyl (C=O) groups excluding carboxylic acids is 1. The zero-order valence-corrected chi connectivity index (χ0v) is 12.7. The number of halogens is 1. The van der Waals surface area contributed by atoms with E-state index in [9.17, 15) is 9.18 Å². The lowest BCUT2D eigenvalue weighted by Gasteiger charge is -2.14. The highest BCUT2D eigenvalue weighted by molar-refractivity contribution is 5.98. The summed E-state index contributed by atoms with van der Waals surface area (Å²) in [6, 6.07) is 4.29. The smallest absolute Gasteiger partial charge is 0.256 e. The molecule has 5 heteroatoms. The molecule has 0 aliphatic carbocycles. The highest BCUT2D eigenvalue weighted by Crippen LogP contribution is 2.26. The van der Waals surface area contributed by atoms with E-state index < -0.39 is 5.82 Å². The first-order valence-corrected chi connectivity index (χ1v) is 7.40. The molecule has 3 rings (SSSR count). The van der Waals surface area contributed by atoms with Crippen LogP contribution in [0.5, 0.6) is 0 Å². The average Bonchev–Trinajstić information content (AvgIpc) is 2.85. The summed E-state index contributed by atoms with van der Waals surface area (Å²) in [6.07, 6.45) is 7.84. The molecule has 114 valence electrons. The maximum absolute atomic E-state index is 13.5. The summed E-state index contributed by atoms with van der Waals surface area (Å²) >= 11 is 0. The first-order chi connectivity index (χ1) is 10.6. The van der Waals surface area contributed by atoms with Crippen molar-refractivity contribution in [2.75, 3.05) is 7.05 Å². The maximum atomic E-state index is 13.5. The van der Waals surface area contributed by atoms with Gasteiger partial charge in [0.2, 0.25) is 0 Å². The molecule has 0 fully saturated rings. The minimum Gasteiger partial charge on any atom is -0.336 e. The number of fused-ring (bicyclic) bond motifs is 3. The number of aromatic nitrogens is 2. The SMILES string of the molecule is CCCC=Cc1ncn2c1CN(C)C(=O)c1cc(F)ccc1-2. The minimum atomic E-state index is -0.410. The number of amides is 1. The Balaban J connectivity index is 2.13. The van der Waals surface area contributed by atoms with E-state index in [4.69, 9.17) is 0 Å². The fourth-order valence-electron chi connectivity index (χ4n) is 2.64. The second-order valence-corrected chi connectivity index (χ2v) is 5.46. The van der Waals surface area contributed by atoms with E-state index in [1.54, 1.807) is 24.3 Å². The van der Waals surface area contributed by atoms with Crippen molar-refractivity contribution in [3.63, 3.8) is 0 Å². The molecule has 2 aromatic rings. The van der Waals surface area contributed by atoms with Gasteiger partial charge in [-0.25, -0.2) is 9.37 Å². The Morgan fingerprint density at radius 3 is 3.00 bits per heavy atom. The van der Waals surface area contributed by atoms with E-state index in [1.807, 2.05) is 10.6 Å². The molecule has 2 heterocycles. The lowest BCUT2D eigenvalue weighted by molar-refractivity contribution is 0.0787. The van der Waals surface area contributed by atoms with E-state index in [-0.39, 0.29) is 5.91 Å². The van der Waals surface area contributed by atoms with Crippen LogP contribution < -0.4 is 0 Å². The molecule has 4 nitrogen and oxygen atoms in total. The topological polar surface area (TPSA) is 38.1 Å². The molecule has 0 spiro atoms. The number of allylic oxidation sites excluding steroid dienone is 1. The molecule has 0 bridgehead atoms. The van der Waals surface area contributed by atoms with E-state index in [0.29, 0.717) is 17.8 Å². The molecule has 0 unspecified atom stereocenters. The first-order valence-electron chi connectivity index (χ1n) is 7.40. The Labute approximate surface area is 128 Å². The molecule has 22 heavy (non-hydrogen) atoms. The molecule has 1 aromatic heterocycles. The number of nitrogens with zero attached hydrogens (tertiary/aromatic N) is 3. The third-order valence-corrected chi connectivity index (χ3v) is 3.81. The number of unbranched alkanes of at least 4 members (excludes halogenated alkanes) is 1. The molecule has 1 aliphatic rings. The van der Waals surface area contributed by atoms with Gasteiger partial charge in [-0.05, 0) is 30.7 Å². The van der Waals surface area contributed by atoms with Crippen LogP contribution in [0.4, 0.5) is 4.39 Å². The van der Waals surface area contributed by atoms with Crippen molar-refractivity contribution in [2.24, 2.45) is 0 Å². The summed E-state index contributed by atoms with van der Waals surface area (Å²) < 4.78 is 15.4. The molecule has 0 atom stereocenters. The summed E-state index contributed by atoms with van der Waals surface area (Å²) in [4.78, 5) is 18.5. The quantitative estimate of drug-likeness (QED) is 0.871. The monoisotopic (exact) mass is 299 g/mol. The van der Waals surface area contributed by atoms with E-state index in [0.717, 1.165) is 24.2 Å². The molecule has 0 saturated carbocycles. The second kappa shape index (κ2) is 5.75. The Bertz CT molecular complexity index is 748. The van der Waals surface area contributed by atoms with Crippen LogP contribution in [0.2, 0.25) is 0 Å². The summed E-state index contributed by atoms with van der Waals surface area (Å²) in [6.45, 7) is 2.57. The Kier molecular flexibility index (Phi) is 3.79. The predicted octanol–water partition coefficient (Wildman–Crippen LogP) is 3.41. The van der Waals surface area contributed by atoms with E-state index >= 15 is 0 Å². The van der Waals surface area contributed by atoms with Crippen molar-refractivity contribution in [1.29, 1.82) is 0 Å². The summed E-state index contributed by atoms with van der Waals surface area (Å²) in [7, 11) is 1.72. The van der Waals surface area contributed by atoms with Gasteiger partial charge in [0.1, 0.15) is 12.1 Å². The van der Waals surface area contributed by atoms with Gasteiger partial charge in [0.15, 0.2) is 0 Å². The fourth-order valence-corrected chi connectivity index (χ4v) is 2.64. The van der Waals surface area contributed by atoms with Crippen molar-refractivity contribution in [3.8, 4) is 5.69 Å². The molecule has 1 aliphatic heterocycles. The van der Waals surface area contributed by atoms with Crippen LogP contribution in [0.25, 0.3) is 11.8 Å². The van der Waals surface area contributed by atoms with Gasteiger partial charge in [0.25, 0.3) is 5.91 Å². The zero-order chi connectivity index (χ0) is 15.7. The largest absolute Gasteiger partial charge is 0.336 e. The standard InChI is InChI=1S/C17H18FN3O/c1-3-4-5-6-14-16-10-20(2)17(22)13-9-12(18)7-8-15(13)21(16)11-19-14/h5-9,11H,3-4,10H2,1-2H3. The fraction of sp³-hybridized carbons (Fsp3) is 0.294. The van der Waals surface area contributed by atoms with Crippen LogP contribution >= 0.6 is 0 Å². The highest BCUT2D eigenvalue weighted by atomic mass is 19.1. The van der Waals surface area contributed by atoms with Crippen molar-refractivity contribution >= 4 is 12.0 Å². The zero-order valence-electron chi connectivity index (χ0n) is 12.7. The van der Waals surface area contributed by atoms with Crippen molar-refractivity contribution in [2.45, 2.75) is 26.3 Å². The Hall–Kier alpha value is -2.43. The lowest BCUT2D eigenvalue weighted by Crippen LogP contribution is -2.25. The van der Waals surface area contributed by atoms with Gasteiger partial charge in [0, 0.05) is 7.05 Å². The Morgan fingerprint density at radius 2 is 2.23 bits per heavy atom. The molecule has 0 saturated heterocycles. The van der Waals surface area contributed by atoms with Crippen LogP contribution in [0.15, 0.2) is 30.6 Å². The number of hydrogen-bond donors (Lipinski definition) is 0. The molecule has 0 radical (unpaired) electrons. The Morgan fingerprint density at radius 1 is 1.41 bits per heavy atom. The minimum absolute atomic E-state index is 0.179. The van der Waals surface area contributed by atoms with Crippen LogP contribution in [0, 0.1) is 5.82 Å². The second-order valence-electron chi connectivity index (χ2n) is 5.46. The van der Waals surface area contributed by atoms with Crippen molar-refractivity contribution in [1.82, 2.24) is 14.5 Å². The molecule has 1 aromatic carbocycles. The summed E-state index contributed by atoms with van der Waals surface area (Å²) in [5.74, 6) is -0.589. The third kappa shape index (κ3) is 2.43. The molecule has 1 amide bonds. The molecular weight excluding hydrogens is 281 g/mol. The number of imidazole rings is 1. The summed E-state index contributed by atoms with van der Waals surface area (Å²) in [5, 5.41) is 0. The van der Waals surface area contributed by atoms with Crippen LogP contribution in [0.3, 0.4) is 0 Å². The lowest BCUT2D eigenvalue weighted by atomic mass is 10.1. The number of hydrogen-bond acceptors (Lipinski definition) is 2. The predicted molar refractivity (Wildman–Crippen MR) is 83.3 cm³/mol. The average molecular weight is 299 g/mol. The van der Waals surface area contributed by atoms with E-state index in [1.165, 1.54) is 12.1 Å². The van der Waals surface area contributed by atoms with Gasteiger partial charge in [-0.1, -0.05) is 19.4 Å². The number of rotatable bonds is 3. The van der Waals surface area contributed by atoms with Gasteiger partial charge in [-0.3, -0.25) is 4.79 Å². The third-order valence-electron chi connectivity index (χ3n) is 3.81. The van der Waals surface area contributed by atoms with Crippen molar-refractivity contribution in [3.05, 3.63) is 53.4 Å². The molecular formula is C17H18FN3O. The van der Waals surface area contributed by atoms with Crippen LogP contribution in [-0.2, 0) is 6.54 Å². The van der Waals surface area contributed by atoms with Crippen molar-refractivity contribution < 1.29 is 9.18 Å². The maximum Gasteiger partial charge on any atom is 0.256 e. The molecule has 0 N–H and O–H groups in total. The van der Waals surface area contributed by atoms with Crippen LogP contribution in [0.1, 0.15) is 41.5 Å². The summed E-state index contributed by atoms with van der Waals surface area (Å²) in [5.41, 5.74) is 2.83. The van der Waals surface area contributed by atoms with E-state index in [2.05, 4.69) is 18.0 Å². The van der Waals surface area contributed by atoms with Gasteiger partial charge in [0.05, 0.1) is 29.2 Å². The number of benzene rings is 1. The van der Waals surface area contributed by atoms with Gasteiger partial charge in [-0.15, -0.1) is 0 Å². The normalized spacial score (nSPS) is 14.1. The van der Waals surface area contributed by atoms with Crippen LogP contribution in [-0.4, -0.2) is 27.4 Å². The van der Waals surface area contributed by atoms with Gasteiger partial charge < -0.3 is 9.47 Å².